The lowest BCUT2D eigenvalue weighted by atomic mass is 9.88. The van der Waals surface area contributed by atoms with Crippen LogP contribution in [0.25, 0.3) is 44.7 Å². The van der Waals surface area contributed by atoms with Crippen LogP contribution in [-0.2, 0) is 4.79 Å². The van der Waals surface area contributed by atoms with Gasteiger partial charge in [-0.15, -0.1) is 0 Å². The molecule has 0 unspecified atom stereocenters. The third kappa shape index (κ3) is 3.71. The molecule has 3 N–H and O–H groups in total. The van der Waals surface area contributed by atoms with E-state index in [0.29, 0.717) is 17.2 Å². The van der Waals surface area contributed by atoms with Gasteiger partial charge in [0.2, 0.25) is 5.91 Å². The molecule has 9 heteroatoms. The predicted octanol–water partition coefficient (Wildman–Crippen LogP) is 4.48. The first kappa shape index (κ1) is 19.5. The first-order valence-corrected chi connectivity index (χ1v) is 11.1. The number of aromatic nitrogens is 7. The van der Waals surface area contributed by atoms with Crippen molar-refractivity contribution in [2.75, 3.05) is 5.32 Å². The van der Waals surface area contributed by atoms with Crippen molar-refractivity contribution in [3.05, 3.63) is 49.2 Å². The van der Waals surface area contributed by atoms with Crippen LogP contribution in [0.4, 0.5) is 5.69 Å². The zero-order valence-electron chi connectivity index (χ0n) is 17.9. The number of pyridine rings is 3. The normalized spacial score (nSPS) is 14.7. The highest BCUT2D eigenvalue weighted by Gasteiger charge is 2.21. The summed E-state index contributed by atoms with van der Waals surface area (Å²) in [6, 6.07) is 5.75. The quantitative estimate of drug-likeness (QED) is 0.380. The first-order chi connectivity index (χ1) is 16.2. The third-order valence-electron chi connectivity index (χ3n) is 6.23. The minimum Gasteiger partial charge on any atom is -0.336 e. The van der Waals surface area contributed by atoms with E-state index in [4.69, 9.17) is 0 Å². The molecule has 5 aromatic rings. The van der Waals surface area contributed by atoms with Crippen molar-refractivity contribution < 1.29 is 4.79 Å². The molecule has 6 rings (SSSR count). The van der Waals surface area contributed by atoms with Gasteiger partial charge in [0.25, 0.3) is 0 Å². The second kappa shape index (κ2) is 8.09. The van der Waals surface area contributed by atoms with Crippen LogP contribution in [0.2, 0.25) is 0 Å². The summed E-state index contributed by atoms with van der Waals surface area (Å²) in [5.74, 6) is 0.825. The summed E-state index contributed by atoms with van der Waals surface area (Å²) in [6.07, 6.45) is 14.0. The Hall–Kier alpha value is -4.14. The zero-order chi connectivity index (χ0) is 22.2. The number of carbonyl (C=O) groups excluding carboxylic acids is 1. The topological polar surface area (TPSA) is 125 Å². The maximum Gasteiger partial charge on any atom is 0.227 e. The van der Waals surface area contributed by atoms with Gasteiger partial charge < -0.3 is 10.3 Å². The van der Waals surface area contributed by atoms with E-state index >= 15 is 0 Å². The van der Waals surface area contributed by atoms with Gasteiger partial charge in [0.05, 0.1) is 41.0 Å². The lowest BCUT2D eigenvalue weighted by Crippen LogP contribution is -2.24. The fourth-order valence-electron chi connectivity index (χ4n) is 4.48. The minimum absolute atomic E-state index is 0.0774. The van der Waals surface area contributed by atoms with E-state index in [9.17, 15) is 4.79 Å². The summed E-state index contributed by atoms with van der Waals surface area (Å²) in [5, 5.41) is 11.4. The Morgan fingerprint density at radius 2 is 1.91 bits per heavy atom. The van der Waals surface area contributed by atoms with E-state index in [-0.39, 0.29) is 11.8 Å². The number of amides is 1. The fraction of sp³-hybridized carbons (Fsp3) is 0.250. The maximum absolute atomic E-state index is 12.6. The number of nitrogens with one attached hydrogen (secondary N) is 3. The predicted molar refractivity (Wildman–Crippen MR) is 125 cm³/mol. The third-order valence-corrected chi connectivity index (χ3v) is 6.23. The standard InChI is InChI=1S/C24H22N8O/c33-24(14-4-2-1-3-5-14)28-16-8-15(10-26-11-16)19-9-17-20(13-27-19)31-32-22(17)23-29-18-6-7-25-12-21(18)30-23/h6-14H,1-5H2,(H,28,33)(H,29,30)(H,31,32). The van der Waals surface area contributed by atoms with E-state index < -0.39 is 0 Å². The number of H-pyrrole nitrogens is 2. The Balaban J connectivity index is 1.32. The molecule has 0 atom stereocenters. The van der Waals surface area contributed by atoms with E-state index in [2.05, 4.69) is 40.4 Å². The molecule has 0 aromatic carbocycles. The molecule has 164 valence electrons. The molecule has 33 heavy (non-hydrogen) atoms. The van der Waals surface area contributed by atoms with Crippen LogP contribution in [0.5, 0.6) is 0 Å². The Morgan fingerprint density at radius 1 is 1.00 bits per heavy atom. The number of nitrogens with zero attached hydrogens (tertiary/aromatic N) is 5. The average molecular weight is 438 g/mol. The molecule has 9 nitrogen and oxygen atoms in total. The SMILES string of the molecule is O=C(Nc1cncc(-c2cc3c(-c4nc5cnccc5[nH]4)n[nH]c3cn2)c1)C1CCCCC1. The van der Waals surface area contributed by atoms with Gasteiger partial charge in [0.15, 0.2) is 5.82 Å². The molecule has 0 saturated heterocycles. The molecule has 1 aliphatic rings. The molecule has 1 amide bonds. The average Bonchev–Trinajstić information content (AvgIpc) is 3.48. The molecule has 0 bridgehead atoms. The van der Waals surface area contributed by atoms with E-state index in [1.807, 2.05) is 18.2 Å². The van der Waals surface area contributed by atoms with Crippen molar-refractivity contribution in [1.82, 2.24) is 35.1 Å². The van der Waals surface area contributed by atoms with Gasteiger partial charge in [-0.1, -0.05) is 19.3 Å². The van der Waals surface area contributed by atoms with Crippen molar-refractivity contribution in [3.8, 4) is 22.8 Å². The summed E-state index contributed by atoms with van der Waals surface area (Å²) in [5.41, 5.74) is 5.44. The van der Waals surface area contributed by atoms with Crippen LogP contribution < -0.4 is 5.32 Å². The highest BCUT2D eigenvalue weighted by molar-refractivity contribution is 5.95. The van der Waals surface area contributed by atoms with Crippen LogP contribution in [0.1, 0.15) is 32.1 Å². The Kier molecular flexibility index (Phi) is 4.79. The van der Waals surface area contributed by atoms with Crippen molar-refractivity contribution >= 4 is 33.5 Å². The number of imidazole rings is 1. The molecular formula is C24H22N8O. The van der Waals surface area contributed by atoms with Gasteiger partial charge in [-0.25, -0.2) is 4.98 Å². The van der Waals surface area contributed by atoms with Gasteiger partial charge in [-0.05, 0) is 31.0 Å². The number of carbonyl (C=O) groups is 1. The monoisotopic (exact) mass is 438 g/mol. The van der Waals surface area contributed by atoms with Crippen molar-refractivity contribution in [2.24, 2.45) is 5.92 Å². The van der Waals surface area contributed by atoms with Gasteiger partial charge in [-0.3, -0.25) is 24.8 Å². The largest absolute Gasteiger partial charge is 0.336 e. The highest BCUT2D eigenvalue weighted by Crippen LogP contribution is 2.30. The summed E-state index contributed by atoms with van der Waals surface area (Å²) in [6.45, 7) is 0. The Bertz CT molecular complexity index is 1430. The molecule has 0 aliphatic heterocycles. The Labute approximate surface area is 189 Å². The second-order valence-corrected chi connectivity index (χ2v) is 8.45. The van der Waals surface area contributed by atoms with Gasteiger partial charge in [0, 0.05) is 29.3 Å². The molecular weight excluding hydrogens is 416 g/mol. The summed E-state index contributed by atoms with van der Waals surface area (Å²) >= 11 is 0. The van der Waals surface area contributed by atoms with Crippen LogP contribution in [0.15, 0.2) is 49.2 Å². The fourth-order valence-corrected chi connectivity index (χ4v) is 4.48. The number of hydrogen-bond acceptors (Lipinski definition) is 6. The van der Waals surface area contributed by atoms with Crippen LogP contribution in [0, 0.1) is 5.92 Å². The zero-order valence-corrected chi connectivity index (χ0v) is 17.9. The van der Waals surface area contributed by atoms with Crippen molar-refractivity contribution in [2.45, 2.75) is 32.1 Å². The highest BCUT2D eigenvalue weighted by atomic mass is 16.1. The summed E-state index contributed by atoms with van der Waals surface area (Å²) < 4.78 is 0. The summed E-state index contributed by atoms with van der Waals surface area (Å²) in [7, 11) is 0. The smallest absolute Gasteiger partial charge is 0.227 e. The lowest BCUT2D eigenvalue weighted by Gasteiger charge is -2.20. The molecule has 1 saturated carbocycles. The number of hydrogen-bond donors (Lipinski definition) is 3. The second-order valence-electron chi connectivity index (χ2n) is 8.45. The first-order valence-electron chi connectivity index (χ1n) is 11.1. The van der Waals surface area contributed by atoms with Gasteiger partial charge >= 0.3 is 0 Å². The van der Waals surface area contributed by atoms with Crippen LogP contribution >= 0.6 is 0 Å². The molecule has 1 aliphatic carbocycles. The molecule has 0 spiro atoms. The summed E-state index contributed by atoms with van der Waals surface area (Å²) in [4.78, 5) is 33.6. The van der Waals surface area contributed by atoms with E-state index in [0.717, 1.165) is 58.9 Å². The Morgan fingerprint density at radius 3 is 2.79 bits per heavy atom. The number of aromatic amines is 2. The lowest BCUT2D eigenvalue weighted by molar-refractivity contribution is -0.120. The van der Waals surface area contributed by atoms with E-state index in [1.54, 1.807) is 31.0 Å². The minimum atomic E-state index is 0.0774. The number of anilines is 1. The molecule has 5 aromatic heterocycles. The van der Waals surface area contributed by atoms with Gasteiger partial charge in [-0.2, -0.15) is 5.10 Å². The van der Waals surface area contributed by atoms with Crippen molar-refractivity contribution in [3.63, 3.8) is 0 Å². The number of rotatable bonds is 4. The molecule has 5 heterocycles. The van der Waals surface area contributed by atoms with Crippen molar-refractivity contribution in [1.29, 1.82) is 0 Å². The molecule has 0 radical (unpaired) electrons. The van der Waals surface area contributed by atoms with Crippen LogP contribution in [-0.4, -0.2) is 41.0 Å². The number of fused-ring (bicyclic) bond motifs is 2. The molecule has 1 fully saturated rings. The van der Waals surface area contributed by atoms with Gasteiger partial charge in [0.1, 0.15) is 11.2 Å². The van der Waals surface area contributed by atoms with Crippen LogP contribution in [0.3, 0.4) is 0 Å². The van der Waals surface area contributed by atoms with E-state index in [1.165, 1.54) is 6.42 Å². The maximum atomic E-state index is 12.6.